The van der Waals surface area contributed by atoms with Gasteiger partial charge in [-0.15, -0.1) is 11.3 Å². The number of aryl methyl sites for hydroxylation is 1. The van der Waals surface area contributed by atoms with Gasteiger partial charge >= 0.3 is 5.97 Å². The van der Waals surface area contributed by atoms with Crippen molar-refractivity contribution in [1.82, 2.24) is 40.2 Å². The Bertz CT molecular complexity index is 2690. The second-order valence-corrected chi connectivity index (χ2v) is 21.2. The van der Waals surface area contributed by atoms with Gasteiger partial charge in [0.2, 0.25) is 5.91 Å². The van der Waals surface area contributed by atoms with E-state index >= 15 is 0 Å². The fraction of sp³-hybridized carbons (Fsp3) is 0.547. The number of piperidine rings is 1. The number of amides is 2. The highest BCUT2D eigenvalue weighted by atomic mass is 32.1. The third-order valence-corrected chi connectivity index (χ3v) is 15.9. The maximum atomic E-state index is 14.8. The van der Waals surface area contributed by atoms with Gasteiger partial charge in [-0.05, 0) is 113 Å². The Morgan fingerprint density at radius 3 is 2.74 bits per heavy atom. The molecule has 5 aromatic rings. The third kappa shape index (κ3) is 9.60. The number of methoxy groups -OCH3 is 1. The number of fused-ring (bicyclic) bond motifs is 7. The van der Waals surface area contributed by atoms with E-state index < -0.39 is 35.5 Å². The molecular weight excluding hydrogens is 893 g/mol. The van der Waals surface area contributed by atoms with E-state index in [4.69, 9.17) is 28.9 Å². The Kier molecular flexibility index (Phi) is 13.8. The van der Waals surface area contributed by atoms with Gasteiger partial charge in [0.05, 0.1) is 43.0 Å². The minimum absolute atomic E-state index is 0.0396. The van der Waals surface area contributed by atoms with Crippen molar-refractivity contribution in [2.24, 2.45) is 11.3 Å². The Morgan fingerprint density at radius 2 is 1.94 bits per heavy atom. The number of ether oxygens (including phenoxy) is 4. The van der Waals surface area contributed by atoms with Crippen molar-refractivity contribution < 1.29 is 33.3 Å². The van der Waals surface area contributed by atoms with E-state index in [0.717, 1.165) is 89.5 Å². The summed E-state index contributed by atoms with van der Waals surface area (Å²) in [5.41, 5.74) is 11.6. The van der Waals surface area contributed by atoms with Gasteiger partial charge in [0.25, 0.3) is 5.91 Å². The first-order chi connectivity index (χ1) is 33.4. The maximum absolute atomic E-state index is 14.8. The molecule has 10 rings (SSSR count). The van der Waals surface area contributed by atoms with Gasteiger partial charge in [0.1, 0.15) is 23.2 Å². The number of nitrogens with zero attached hydrogens (tertiary/aromatic N) is 6. The summed E-state index contributed by atoms with van der Waals surface area (Å²) in [7, 11) is 1.73. The van der Waals surface area contributed by atoms with E-state index in [2.05, 4.69) is 83.4 Å². The molecule has 6 bridgehead atoms. The molecule has 1 saturated carbocycles. The number of hydrazine groups is 1. The molecule has 3 saturated heterocycles. The quantitative estimate of drug-likeness (QED) is 0.133. The second-order valence-electron chi connectivity index (χ2n) is 20.3. The average Bonchev–Trinajstić information content (AvgIpc) is 3.94. The summed E-state index contributed by atoms with van der Waals surface area (Å²) in [5.74, 6) is -1.11. The molecular formula is C53H66N8O7S. The first-order valence-corrected chi connectivity index (χ1v) is 25.9. The number of rotatable bonds is 10. The number of cyclic esters (lactones) is 1. The highest BCUT2D eigenvalue weighted by molar-refractivity contribution is 7.10. The number of nitrogens with one attached hydrogen (secondary N) is 2. The summed E-state index contributed by atoms with van der Waals surface area (Å²) in [6.07, 6.45) is 6.98. The Morgan fingerprint density at radius 1 is 1.07 bits per heavy atom. The predicted molar refractivity (Wildman–Crippen MR) is 263 cm³/mol. The Labute approximate surface area is 408 Å². The van der Waals surface area contributed by atoms with Crippen molar-refractivity contribution in [3.05, 3.63) is 87.8 Å². The summed E-state index contributed by atoms with van der Waals surface area (Å²) in [4.78, 5) is 60.6. The van der Waals surface area contributed by atoms with Crippen LogP contribution in [0.4, 0.5) is 0 Å². The largest absolute Gasteiger partial charge is 0.464 e. The molecule has 69 heavy (non-hydrogen) atoms. The first-order valence-electron chi connectivity index (χ1n) is 25.0. The van der Waals surface area contributed by atoms with Gasteiger partial charge < -0.3 is 28.8 Å². The van der Waals surface area contributed by atoms with Crippen LogP contribution in [0.3, 0.4) is 0 Å². The Hall–Kier alpha value is -5.10. The summed E-state index contributed by atoms with van der Waals surface area (Å²) in [6.45, 7) is 15.4. The molecule has 4 aliphatic heterocycles. The summed E-state index contributed by atoms with van der Waals surface area (Å²) in [6, 6.07) is 13.1. The standard InChI is InChI=1S/C53H66N8O7S/c1-7-60-44-15-14-33-23-37(44)40(47(60)39-24-34(27-55-45(39)31(3)65-6)32-16-19-59-20-21-66-28-35(59)22-32)26-53(4,5)30-68-52(64)42-13-11-18-61(58-42)51(63)46(48(67-8-2)50-56-43(33)29-69-50)57-49(62)38-25-36(38)41-12-9-10-17-54-41/h9-10,12,14-15,17,23-24,27,29,31-32,35-36,38,42,46,48,58H,7-8,11,13,16,18-22,25-26,28,30H2,1-6H3,(H,57,62)/t31-,32+,35?,36+,38+,42-,46-,48-/m0/s1. The van der Waals surface area contributed by atoms with E-state index in [1.165, 1.54) is 21.9 Å². The number of pyridine rings is 2. The van der Waals surface area contributed by atoms with Crippen molar-refractivity contribution in [1.29, 1.82) is 0 Å². The van der Waals surface area contributed by atoms with Crippen LogP contribution >= 0.6 is 11.3 Å². The van der Waals surface area contributed by atoms with Gasteiger partial charge in [-0.25, -0.2) is 10.4 Å². The molecule has 1 aliphatic carbocycles. The molecule has 4 fully saturated rings. The molecule has 0 spiro atoms. The zero-order valence-electron chi connectivity index (χ0n) is 40.7. The normalized spacial score (nSPS) is 26.8. The SMILES string of the molecule is CCO[C@@H]1c2nc(cs2)-c2ccc3c(c2)c(c(-c2cc([C@@H]4CCN5CCOCC5C4)cnc2[C@H](C)OC)n3CC)CC(C)(C)COC(=O)[C@@H]2CCCN(N2)C(=O)[C@H]1NC(=O)[C@@H]1C[C@H]1c1ccccn1. The van der Waals surface area contributed by atoms with Crippen molar-refractivity contribution in [3.63, 3.8) is 0 Å². The number of benzene rings is 1. The van der Waals surface area contributed by atoms with E-state index in [9.17, 15) is 14.4 Å². The lowest BCUT2D eigenvalue weighted by atomic mass is 9.82. The average molecular weight is 959 g/mol. The third-order valence-electron chi connectivity index (χ3n) is 15.0. The number of thiazole rings is 1. The number of morpholine rings is 1. The summed E-state index contributed by atoms with van der Waals surface area (Å²) in [5, 5.41) is 8.23. The summed E-state index contributed by atoms with van der Waals surface area (Å²) >= 11 is 1.41. The van der Waals surface area contributed by atoms with Crippen molar-refractivity contribution in [3.8, 4) is 22.5 Å². The predicted octanol–water partition coefficient (Wildman–Crippen LogP) is 7.51. The topological polar surface area (TPSA) is 162 Å². The lowest BCUT2D eigenvalue weighted by Crippen LogP contribution is -2.61. The van der Waals surface area contributed by atoms with E-state index in [0.29, 0.717) is 55.7 Å². The minimum Gasteiger partial charge on any atom is -0.464 e. The Balaban J connectivity index is 1.08. The van der Waals surface area contributed by atoms with Crippen LogP contribution in [0.5, 0.6) is 0 Å². The maximum Gasteiger partial charge on any atom is 0.324 e. The number of esters is 1. The van der Waals surface area contributed by atoms with Gasteiger partial charge in [0, 0.05) is 102 Å². The molecule has 2 N–H and O–H groups in total. The molecule has 0 radical (unpaired) electrons. The van der Waals surface area contributed by atoms with E-state index in [1.807, 2.05) is 30.5 Å². The van der Waals surface area contributed by atoms with Crippen LogP contribution in [0.25, 0.3) is 33.4 Å². The molecule has 16 heteroatoms. The number of carbonyl (C=O) groups excluding carboxylic acids is 3. The van der Waals surface area contributed by atoms with Crippen LogP contribution < -0.4 is 10.7 Å². The highest BCUT2D eigenvalue weighted by Gasteiger charge is 2.48. The number of aromatic nitrogens is 4. The molecule has 2 amide bonds. The molecule has 8 heterocycles. The lowest BCUT2D eigenvalue weighted by Gasteiger charge is -2.42. The zero-order chi connectivity index (χ0) is 48.0. The monoisotopic (exact) mass is 958 g/mol. The highest BCUT2D eigenvalue weighted by Crippen LogP contribution is 2.48. The number of carbonyl (C=O) groups is 3. The zero-order valence-corrected chi connectivity index (χ0v) is 41.6. The van der Waals surface area contributed by atoms with Crippen molar-refractivity contribution >= 4 is 40.0 Å². The molecule has 1 aromatic carbocycles. The summed E-state index contributed by atoms with van der Waals surface area (Å²) < 4.78 is 27.0. The molecule has 5 aliphatic rings. The van der Waals surface area contributed by atoms with Gasteiger partial charge in [-0.1, -0.05) is 26.0 Å². The van der Waals surface area contributed by atoms with Crippen LogP contribution in [0.1, 0.15) is 118 Å². The smallest absolute Gasteiger partial charge is 0.324 e. The fourth-order valence-corrected chi connectivity index (χ4v) is 12.1. The molecule has 4 aromatic heterocycles. The van der Waals surface area contributed by atoms with Crippen molar-refractivity contribution in [2.45, 2.75) is 122 Å². The van der Waals surface area contributed by atoms with Gasteiger partial charge in [0.15, 0.2) is 0 Å². The van der Waals surface area contributed by atoms with Crippen LogP contribution in [-0.2, 0) is 46.3 Å². The lowest BCUT2D eigenvalue weighted by molar-refractivity contribution is -0.156. The molecule has 1 unspecified atom stereocenters. The van der Waals surface area contributed by atoms with Crippen LogP contribution in [-0.4, -0.2) is 119 Å². The molecule has 366 valence electrons. The first kappa shape index (κ1) is 47.6. The van der Waals surface area contributed by atoms with E-state index in [1.54, 1.807) is 13.3 Å². The number of hydrogen-bond donors (Lipinski definition) is 2. The molecule has 8 atom stereocenters. The van der Waals surface area contributed by atoms with Crippen molar-refractivity contribution in [2.75, 3.05) is 53.2 Å². The van der Waals surface area contributed by atoms with Crippen LogP contribution in [0.2, 0.25) is 0 Å². The minimum atomic E-state index is -1.13. The van der Waals surface area contributed by atoms with Gasteiger partial charge in [-0.2, -0.15) is 0 Å². The van der Waals surface area contributed by atoms with Gasteiger partial charge in [-0.3, -0.25) is 34.3 Å². The van der Waals surface area contributed by atoms with E-state index in [-0.39, 0.29) is 37.1 Å². The van der Waals surface area contributed by atoms with Crippen LogP contribution in [0, 0.1) is 11.3 Å². The fourth-order valence-electron chi connectivity index (χ4n) is 11.2. The molecule has 15 nitrogen and oxygen atoms in total. The second kappa shape index (κ2) is 20.0. The number of hydrogen-bond acceptors (Lipinski definition) is 13. The van der Waals surface area contributed by atoms with Crippen LogP contribution in [0.15, 0.2) is 60.2 Å².